The average Bonchev–Trinajstić information content (AvgIpc) is 1.58. The highest BCUT2D eigenvalue weighted by molar-refractivity contribution is 6.16. The number of nitrogens with zero attached hydrogens (tertiary/aromatic N) is 11. The molecule has 0 atom stereocenters. The highest BCUT2D eigenvalue weighted by Gasteiger charge is 2.51. The van der Waals surface area contributed by atoms with E-state index in [1.807, 2.05) is 0 Å². The van der Waals surface area contributed by atoms with Gasteiger partial charge in [0, 0.05) is 66.4 Å². The molecule has 20 nitrogen and oxygen atoms in total. The van der Waals surface area contributed by atoms with Crippen LogP contribution in [0, 0.1) is 19.7 Å². The number of alkyl halides is 9. The fraction of sp³-hybridized carbons (Fsp3) is 0.167. The molecule has 0 aliphatic carbocycles. The smallest absolute Gasteiger partial charge is 0.322 e. The maximum atomic E-state index is 14.0. The van der Waals surface area contributed by atoms with Crippen LogP contribution in [-0.4, -0.2) is 75.3 Å². The molecule has 6 amide bonds. The Balaban J connectivity index is 0.000000149. The number of rotatable bonds is 12. The van der Waals surface area contributed by atoms with Crippen LogP contribution in [0.5, 0.6) is 0 Å². The normalized spacial score (nSPS) is 14.4. The Morgan fingerprint density at radius 1 is 0.386 bits per heavy atom. The number of hydrogen-bond acceptors (Lipinski definition) is 14. The van der Waals surface area contributed by atoms with Gasteiger partial charge in [0.05, 0.1) is 67.2 Å². The standard InChI is InChI=1S/C29H22F4N4O2.C28H22F3N5O2.C27H20F3N5O2/c1-16-7-9-18(15-22(16)30)36-26(38)20-14-17(8-10-21(20)29(31,32)33)19-11-13-35-25-24(19)28(2,3)27(39)37(25)23-6-4-5-12-34-23;1-16-7-10-21(34-15-16)35-25(37)19-14-17(8-9-20(19)28(29,30)31)18-11-13-33-24-23(18)27(2,3)26(38)36(24)22-6-4-5-12-32-22;1-26(2)22-18(7-3-8-21(22)35(24(26)37)25-32-12-5-13-33-25)16-9-10-20(27(28,29)30)19(14-16)23(36)34-17-6-4-11-31-15-17/h4-15H,1-3H3,(H,36,38);4-15H,1-3H3,(H,34,35,37);3-15H,1-2H3,(H,34,36). The van der Waals surface area contributed by atoms with Crippen molar-refractivity contribution in [1.82, 2.24) is 39.9 Å². The van der Waals surface area contributed by atoms with Crippen LogP contribution in [-0.2, 0) is 49.2 Å². The second-order valence-electron chi connectivity index (χ2n) is 28.1. The number of fused-ring (bicyclic) bond motifs is 3. The summed E-state index contributed by atoms with van der Waals surface area (Å²) in [5.74, 6) is -2.68. The van der Waals surface area contributed by atoms with Gasteiger partial charge in [0.15, 0.2) is 0 Å². The van der Waals surface area contributed by atoms with E-state index in [9.17, 15) is 72.7 Å². The Labute approximate surface area is 644 Å². The first-order valence-corrected chi connectivity index (χ1v) is 34.9. The van der Waals surface area contributed by atoms with E-state index in [-0.39, 0.29) is 46.4 Å². The molecule has 3 aliphatic heterocycles. The third-order valence-corrected chi connectivity index (χ3v) is 19.3. The molecule has 0 radical (unpaired) electrons. The summed E-state index contributed by atoms with van der Waals surface area (Å²) in [4.78, 5) is 117. The Hall–Kier alpha value is -13.8. The van der Waals surface area contributed by atoms with Crippen LogP contribution in [0.15, 0.2) is 226 Å². The first kappa shape index (κ1) is 78.3. The molecule has 5 aromatic carbocycles. The van der Waals surface area contributed by atoms with Gasteiger partial charge in [0.1, 0.15) is 34.9 Å². The van der Waals surface area contributed by atoms with Crippen molar-refractivity contribution in [3.8, 4) is 33.4 Å². The number of amides is 6. The van der Waals surface area contributed by atoms with E-state index < -0.39 is 91.7 Å². The van der Waals surface area contributed by atoms with E-state index in [1.165, 1.54) is 126 Å². The maximum Gasteiger partial charge on any atom is 0.417 e. The lowest BCUT2D eigenvalue weighted by atomic mass is 9.81. The molecule has 0 fully saturated rings. The van der Waals surface area contributed by atoms with Crippen molar-refractivity contribution in [2.75, 3.05) is 30.7 Å². The SMILES string of the molecule is CC1(C)C(=O)N(c2ncccn2)c2cccc(-c3ccc(C(F)(F)F)c(C(=O)Nc4cccnc4)c3)c21.Cc1ccc(NC(=O)c2cc(-c3ccnc4c3C(C)(C)C(=O)N4c3ccccn3)ccc2C(F)(F)F)cc1F.Cc1ccc(NC(=O)c2cc(-c3ccnc4c3C(C)(C)C(=O)N4c3ccccn3)ccc2C(F)(F)F)nc1. The van der Waals surface area contributed by atoms with Crippen molar-refractivity contribution < 1.29 is 72.7 Å². The number of benzene rings is 5. The number of carbonyl (C=O) groups excluding carboxylic acids is 6. The lowest BCUT2D eigenvalue weighted by Gasteiger charge is -2.20. The Morgan fingerprint density at radius 3 is 1.28 bits per heavy atom. The van der Waals surface area contributed by atoms with Crippen molar-refractivity contribution in [2.45, 2.75) is 90.2 Å². The number of halogens is 10. The van der Waals surface area contributed by atoms with Crippen molar-refractivity contribution in [3.05, 3.63) is 293 Å². The second-order valence-corrected chi connectivity index (χ2v) is 28.1. The van der Waals surface area contributed by atoms with Crippen LogP contribution in [0.3, 0.4) is 0 Å². The topological polar surface area (TPSA) is 251 Å². The monoisotopic (exact) mass is 1550 g/mol. The molecule has 0 saturated carbocycles. The van der Waals surface area contributed by atoms with Gasteiger partial charge in [-0.05, 0) is 221 Å². The fourth-order valence-electron chi connectivity index (χ4n) is 13.7. The molecule has 3 N–H and O–H groups in total. The van der Waals surface area contributed by atoms with Crippen LogP contribution in [0.1, 0.15) is 117 Å². The van der Waals surface area contributed by atoms with Crippen LogP contribution < -0.4 is 30.7 Å². The third-order valence-electron chi connectivity index (χ3n) is 19.3. The summed E-state index contributed by atoms with van der Waals surface area (Å²) < 4.78 is 139. The molecule has 0 spiro atoms. The average molecular weight is 1560 g/mol. The van der Waals surface area contributed by atoms with E-state index in [0.29, 0.717) is 79.0 Å². The summed E-state index contributed by atoms with van der Waals surface area (Å²) in [5, 5.41) is 7.28. The van der Waals surface area contributed by atoms with Crippen LogP contribution in [0.25, 0.3) is 33.4 Å². The van der Waals surface area contributed by atoms with Crippen LogP contribution in [0.2, 0.25) is 0 Å². The Bertz CT molecular complexity index is 5800. The lowest BCUT2D eigenvalue weighted by molar-refractivity contribution is -0.138. The minimum Gasteiger partial charge on any atom is -0.322 e. The minimum absolute atomic E-state index is 0.0177. The molecule has 0 unspecified atom stereocenters. The predicted molar refractivity (Wildman–Crippen MR) is 405 cm³/mol. The highest BCUT2D eigenvalue weighted by atomic mass is 19.4. The van der Waals surface area contributed by atoms with Crippen molar-refractivity contribution >= 4 is 87.5 Å². The van der Waals surface area contributed by atoms with E-state index in [0.717, 1.165) is 35.9 Å². The summed E-state index contributed by atoms with van der Waals surface area (Å²) >= 11 is 0. The van der Waals surface area contributed by atoms with Gasteiger partial charge >= 0.3 is 18.5 Å². The molecule has 3 aliphatic rings. The number of aromatic nitrogens is 8. The van der Waals surface area contributed by atoms with Gasteiger partial charge in [-0.1, -0.05) is 54.6 Å². The number of pyridine rings is 6. The van der Waals surface area contributed by atoms with E-state index in [1.54, 1.807) is 140 Å². The number of hydrogen-bond donors (Lipinski definition) is 3. The van der Waals surface area contributed by atoms with Crippen molar-refractivity contribution in [3.63, 3.8) is 0 Å². The Morgan fingerprint density at radius 2 is 0.842 bits per heavy atom. The zero-order valence-corrected chi connectivity index (χ0v) is 61.5. The van der Waals surface area contributed by atoms with Gasteiger partial charge in [-0.2, -0.15) is 39.5 Å². The van der Waals surface area contributed by atoms with Gasteiger partial charge in [0.25, 0.3) is 17.7 Å². The number of aryl methyl sites for hydroxylation is 2. The van der Waals surface area contributed by atoms with Crippen LogP contribution in [0.4, 0.5) is 96.0 Å². The molecule has 0 bridgehead atoms. The Kier molecular flexibility index (Phi) is 20.7. The molecular weight excluding hydrogens is 1490 g/mol. The molecule has 12 aromatic rings. The quantitative estimate of drug-likeness (QED) is 0.0963. The summed E-state index contributed by atoms with van der Waals surface area (Å²) in [6, 6.07) is 40.4. The van der Waals surface area contributed by atoms with E-state index in [4.69, 9.17) is 0 Å². The predicted octanol–water partition coefficient (Wildman–Crippen LogP) is 18.7. The van der Waals surface area contributed by atoms with Crippen LogP contribution >= 0.6 is 0 Å². The van der Waals surface area contributed by atoms with E-state index >= 15 is 0 Å². The third kappa shape index (κ3) is 15.1. The lowest BCUT2D eigenvalue weighted by Crippen LogP contribution is -2.34. The van der Waals surface area contributed by atoms with E-state index in [2.05, 4.69) is 55.8 Å². The van der Waals surface area contributed by atoms with Crippen molar-refractivity contribution in [1.29, 1.82) is 0 Å². The fourth-order valence-corrected chi connectivity index (χ4v) is 13.7. The zero-order chi connectivity index (χ0) is 81.7. The van der Waals surface area contributed by atoms with Gasteiger partial charge in [-0.25, -0.2) is 54.0 Å². The van der Waals surface area contributed by atoms with Gasteiger partial charge < -0.3 is 16.0 Å². The molecule has 10 heterocycles. The number of nitrogens with one attached hydrogen (secondary N) is 3. The minimum atomic E-state index is -4.82. The summed E-state index contributed by atoms with van der Waals surface area (Å²) in [6.07, 6.45) is -0.948. The molecule has 114 heavy (non-hydrogen) atoms. The number of anilines is 9. The summed E-state index contributed by atoms with van der Waals surface area (Å²) in [5.41, 5.74) is -2.21. The molecule has 7 aromatic heterocycles. The largest absolute Gasteiger partial charge is 0.417 e. The van der Waals surface area contributed by atoms with Gasteiger partial charge in [-0.15, -0.1) is 0 Å². The van der Waals surface area contributed by atoms with Gasteiger partial charge in [-0.3, -0.25) is 33.8 Å². The maximum absolute atomic E-state index is 14.0. The van der Waals surface area contributed by atoms with Gasteiger partial charge in [0.2, 0.25) is 23.7 Å². The molecule has 576 valence electrons. The highest BCUT2D eigenvalue weighted by Crippen LogP contribution is 2.53. The summed E-state index contributed by atoms with van der Waals surface area (Å²) in [6.45, 7) is 13.7. The zero-order valence-electron chi connectivity index (χ0n) is 61.5. The first-order chi connectivity index (χ1) is 54.0. The number of carbonyl (C=O) groups is 6. The van der Waals surface area contributed by atoms with Crippen molar-refractivity contribution in [2.24, 2.45) is 0 Å². The molecular formula is C84H64F10N14O6. The molecule has 30 heteroatoms. The summed E-state index contributed by atoms with van der Waals surface area (Å²) in [7, 11) is 0. The first-order valence-electron chi connectivity index (χ1n) is 34.9. The second kappa shape index (κ2) is 30.1. The molecule has 15 rings (SSSR count). The molecule has 0 saturated heterocycles.